The highest BCUT2D eigenvalue weighted by molar-refractivity contribution is 9.10. The quantitative estimate of drug-likeness (QED) is 0.913. The summed E-state index contributed by atoms with van der Waals surface area (Å²) in [6.45, 7) is 0.416. The van der Waals surface area contributed by atoms with Gasteiger partial charge in [0.1, 0.15) is 0 Å². The monoisotopic (exact) mass is 309 g/mol. The van der Waals surface area contributed by atoms with Crippen LogP contribution in [0.4, 0.5) is 10.1 Å². The first-order valence-corrected chi connectivity index (χ1v) is 6.31. The number of nitrogens with one attached hydrogen (secondary N) is 1. The van der Waals surface area contributed by atoms with Crippen molar-refractivity contribution in [3.8, 4) is 5.75 Å². The maximum absolute atomic E-state index is 13.9. The van der Waals surface area contributed by atoms with E-state index in [1.807, 2.05) is 24.3 Å². The van der Waals surface area contributed by atoms with Gasteiger partial charge in [0.15, 0.2) is 11.6 Å². The van der Waals surface area contributed by atoms with Crippen molar-refractivity contribution in [2.45, 2.75) is 6.54 Å². The third-order valence-corrected chi connectivity index (χ3v) is 3.06. The van der Waals surface area contributed by atoms with Crippen molar-refractivity contribution in [1.29, 1.82) is 0 Å². The van der Waals surface area contributed by atoms with Crippen molar-refractivity contribution in [1.82, 2.24) is 0 Å². The average molecular weight is 310 g/mol. The van der Waals surface area contributed by atoms with Crippen LogP contribution in [0.25, 0.3) is 0 Å². The highest BCUT2D eigenvalue weighted by Crippen LogP contribution is 2.21. The molecule has 0 saturated heterocycles. The van der Waals surface area contributed by atoms with Gasteiger partial charge in [0.25, 0.3) is 0 Å². The third kappa shape index (κ3) is 3.01. The number of hydrogen-bond acceptors (Lipinski definition) is 2. The Balaban J connectivity index is 2.11. The first kappa shape index (κ1) is 12.9. The van der Waals surface area contributed by atoms with Gasteiger partial charge in [-0.15, -0.1) is 0 Å². The fourth-order valence-electron chi connectivity index (χ4n) is 1.65. The van der Waals surface area contributed by atoms with Gasteiger partial charge >= 0.3 is 0 Å². The van der Waals surface area contributed by atoms with Gasteiger partial charge < -0.3 is 10.1 Å². The molecule has 1 N–H and O–H groups in total. The molecule has 0 spiro atoms. The molecule has 0 heterocycles. The van der Waals surface area contributed by atoms with Crippen LogP contribution < -0.4 is 10.1 Å². The molecular formula is C14H13BrFNO. The Labute approximate surface area is 114 Å². The van der Waals surface area contributed by atoms with E-state index in [4.69, 9.17) is 4.74 Å². The van der Waals surface area contributed by atoms with Crippen LogP contribution >= 0.6 is 15.9 Å². The summed E-state index contributed by atoms with van der Waals surface area (Å²) in [5, 5.41) is 3.17. The number of hydrogen-bond donors (Lipinski definition) is 1. The van der Waals surface area contributed by atoms with Crippen LogP contribution in [0.3, 0.4) is 0 Å². The van der Waals surface area contributed by atoms with Crippen molar-refractivity contribution in [3.63, 3.8) is 0 Å². The lowest BCUT2D eigenvalue weighted by Crippen LogP contribution is -2.03. The molecule has 2 rings (SSSR count). The second kappa shape index (κ2) is 5.87. The van der Waals surface area contributed by atoms with Crippen molar-refractivity contribution in [3.05, 3.63) is 58.3 Å². The van der Waals surface area contributed by atoms with E-state index in [1.165, 1.54) is 7.11 Å². The summed E-state index contributed by atoms with van der Waals surface area (Å²) in [4.78, 5) is 0. The molecule has 2 nitrogen and oxygen atoms in total. The Hall–Kier alpha value is -1.55. The molecule has 4 heteroatoms. The van der Waals surface area contributed by atoms with Crippen LogP contribution in [0.15, 0.2) is 46.9 Å². The fraction of sp³-hybridized carbons (Fsp3) is 0.143. The molecule has 2 aromatic carbocycles. The van der Waals surface area contributed by atoms with Crippen LogP contribution in [0.2, 0.25) is 0 Å². The molecule has 0 radical (unpaired) electrons. The zero-order valence-electron chi connectivity index (χ0n) is 9.91. The zero-order valence-corrected chi connectivity index (χ0v) is 11.5. The number of ether oxygens (including phenoxy) is 1. The van der Waals surface area contributed by atoms with Gasteiger partial charge in [-0.25, -0.2) is 4.39 Å². The van der Waals surface area contributed by atoms with E-state index in [1.54, 1.807) is 18.2 Å². The van der Waals surface area contributed by atoms with E-state index in [0.29, 0.717) is 12.1 Å². The summed E-state index contributed by atoms with van der Waals surface area (Å²) in [6, 6.07) is 12.9. The van der Waals surface area contributed by atoms with Gasteiger partial charge in [-0.1, -0.05) is 34.1 Å². The lowest BCUT2D eigenvalue weighted by atomic mass is 10.2. The van der Waals surface area contributed by atoms with E-state index < -0.39 is 0 Å². The molecule has 0 unspecified atom stereocenters. The smallest absolute Gasteiger partial charge is 0.170 e. The molecule has 0 fully saturated rings. The lowest BCUT2D eigenvalue weighted by Gasteiger charge is -2.09. The van der Waals surface area contributed by atoms with E-state index in [-0.39, 0.29) is 11.6 Å². The summed E-state index contributed by atoms with van der Waals surface area (Å²) in [6.07, 6.45) is 0. The molecular weight excluding hydrogens is 297 g/mol. The molecule has 0 aliphatic carbocycles. The second-order valence-electron chi connectivity index (χ2n) is 3.80. The fourth-order valence-corrected chi connectivity index (χ4v) is 2.05. The number of methoxy groups -OCH3 is 1. The molecule has 0 amide bonds. The molecule has 0 aliphatic rings. The number of halogens is 2. The van der Waals surface area contributed by atoms with Gasteiger partial charge in [0, 0.05) is 22.3 Å². The highest BCUT2D eigenvalue weighted by atomic mass is 79.9. The molecule has 2 aromatic rings. The minimum Gasteiger partial charge on any atom is -0.494 e. The van der Waals surface area contributed by atoms with Crippen LogP contribution in [-0.2, 0) is 6.54 Å². The Morgan fingerprint density at radius 2 is 2.00 bits per heavy atom. The molecule has 94 valence electrons. The first-order valence-electron chi connectivity index (χ1n) is 5.51. The largest absolute Gasteiger partial charge is 0.494 e. The van der Waals surface area contributed by atoms with Gasteiger partial charge in [0.05, 0.1) is 7.11 Å². The minimum atomic E-state index is -0.317. The number of rotatable bonds is 4. The van der Waals surface area contributed by atoms with Crippen molar-refractivity contribution >= 4 is 21.6 Å². The van der Waals surface area contributed by atoms with E-state index >= 15 is 0 Å². The number of benzene rings is 2. The predicted molar refractivity (Wildman–Crippen MR) is 74.4 cm³/mol. The average Bonchev–Trinajstić information content (AvgIpc) is 2.38. The van der Waals surface area contributed by atoms with Crippen molar-refractivity contribution < 1.29 is 9.13 Å². The van der Waals surface area contributed by atoms with Crippen LogP contribution in [0.5, 0.6) is 5.75 Å². The predicted octanol–water partition coefficient (Wildman–Crippen LogP) is 4.21. The summed E-state index contributed by atoms with van der Waals surface area (Å²) >= 11 is 3.39. The Bertz CT molecular complexity index is 545. The molecule has 0 bridgehead atoms. The van der Waals surface area contributed by atoms with Gasteiger partial charge in [-0.3, -0.25) is 0 Å². The highest BCUT2D eigenvalue weighted by Gasteiger charge is 2.07. The van der Waals surface area contributed by atoms with Gasteiger partial charge in [-0.05, 0) is 24.3 Å². The summed E-state index contributed by atoms with van der Waals surface area (Å²) < 4.78 is 19.8. The number of anilines is 1. The second-order valence-corrected chi connectivity index (χ2v) is 4.71. The molecule has 18 heavy (non-hydrogen) atoms. The Kier molecular flexibility index (Phi) is 4.20. The third-order valence-electron chi connectivity index (χ3n) is 2.57. The molecule has 0 aromatic heterocycles. The van der Waals surface area contributed by atoms with Crippen molar-refractivity contribution in [2.75, 3.05) is 12.4 Å². The zero-order chi connectivity index (χ0) is 13.0. The maximum Gasteiger partial charge on any atom is 0.170 e. The minimum absolute atomic E-state index is 0.267. The van der Waals surface area contributed by atoms with Crippen LogP contribution in [0, 0.1) is 5.82 Å². The van der Waals surface area contributed by atoms with Crippen LogP contribution in [-0.4, -0.2) is 7.11 Å². The normalized spacial score (nSPS) is 10.2. The summed E-state index contributed by atoms with van der Waals surface area (Å²) in [7, 11) is 1.46. The van der Waals surface area contributed by atoms with E-state index in [9.17, 15) is 4.39 Å². The Morgan fingerprint density at radius 1 is 1.22 bits per heavy atom. The SMILES string of the molecule is COc1cccc(CNc2cccc(Br)c2)c1F. The topological polar surface area (TPSA) is 21.3 Å². The summed E-state index contributed by atoms with van der Waals surface area (Å²) in [5.74, 6) is -0.0500. The van der Waals surface area contributed by atoms with Gasteiger partial charge in [0.2, 0.25) is 0 Å². The summed E-state index contributed by atoms with van der Waals surface area (Å²) in [5.41, 5.74) is 1.51. The Morgan fingerprint density at radius 3 is 2.72 bits per heavy atom. The maximum atomic E-state index is 13.9. The molecule has 0 atom stereocenters. The lowest BCUT2D eigenvalue weighted by molar-refractivity contribution is 0.384. The van der Waals surface area contributed by atoms with Crippen molar-refractivity contribution in [2.24, 2.45) is 0 Å². The molecule has 0 aliphatic heterocycles. The van der Waals surface area contributed by atoms with Crippen LogP contribution in [0.1, 0.15) is 5.56 Å². The molecule has 0 saturated carbocycles. The standard InChI is InChI=1S/C14H13BrFNO/c1-18-13-7-2-4-10(14(13)16)9-17-12-6-3-5-11(15)8-12/h2-8,17H,9H2,1H3. The van der Waals surface area contributed by atoms with E-state index in [2.05, 4.69) is 21.2 Å². The first-order chi connectivity index (χ1) is 8.70. The van der Waals surface area contributed by atoms with E-state index in [0.717, 1.165) is 10.2 Å². The van der Waals surface area contributed by atoms with Gasteiger partial charge in [-0.2, -0.15) is 0 Å².